The summed E-state index contributed by atoms with van der Waals surface area (Å²) < 4.78 is 105. The van der Waals surface area contributed by atoms with Crippen LogP contribution < -0.4 is 10.2 Å². The van der Waals surface area contributed by atoms with Gasteiger partial charge in [0, 0.05) is 51.0 Å². The van der Waals surface area contributed by atoms with E-state index < -0.39 is 70.9 Å². The number of hydrogen-bond acceptors (Lipinski definition) is 9. The predicted octanol–water partition coefficient (Wildman–Crippen LogP) is 5.71. The fraction of sp³-hybridized carbons (Fsp3) is 0.561. The van der Waals surface area contributed by atoms with Gasteiger partial charge in [0.25, 0.3) is 5.91 Å². The van der Waals surface area contributed by atoms with Crippen molar-refractivity contribution in [1.82, 2.24) is 20.0 Å². The molecule has 11 nitrogen and oxygen atoms in total. The minimum Gasteiger partial charge on any atom is -0.377 e. The van der Waals surface area contributed by atoms with Crippen LogP contribution in [0.15, 0.2) is 36.4 Å². The Hall–Kier alpha value is -4.51. The standard InChI is InChI=1S/C41H45F7N6O5S/c1-39(2)37(58)53(30-5-3-27(21-49)33(20-30)40(43,44)45)38(60)54(39)29-6-8-32(9-7-29)59-14-13-51-11-12-52(34(23-51)41(46,47)48)22-31(55)19-25-15-24(17-28(42)18-25)16-26-4-10-35(56)50-36(26)57/h3,5,15,17-18,20,26,29,32,34H,4,6-14,16,19,22-23H2,1-2H3,(H,50,56,57)/t26?,29?,32?,34-/m1/s1. The number of ether oxygens (including phenoxy) is 1. The zero-order valence-corrected chi connectivity index (χ0v) is 33.8. The number of nitrogens with zero attached hydrogens (tertiary/aromatic N) is 5. The number of carbonyl (C=O) groups is 4. The third-order valence-electron chi connectivity index (χ3n) is 11.8. The first-order chi connectivity index (χ1) is 28.1. The van der Waals surface area contributed by atoms with Crippen molar-refractivity contribution in [3.63, 3.8) is 0 Å². The predicted molar refractivity (Wildman–Crippen MR) is 207 cm³/mol. The van der Waals surface area contributed by atoms with Crippen LogP contribution in [0.25, 0.3) is 0 Å². The molecular formula is C41H45F7N6O5S. The minimum atomic E-state index is -4.82. The molecule has 0 bridgehead atoms. The van der Waals surface area contributed by atoms with Gasteiger partial charge in [-0.1, -0.05) is 6.07 Å². The SMILES string of the molecule is CC1(C)C(=O)N(c2ccc(C#N)c(C(F)(F)F)c2)C(=S)N1C1CCC(OCCN2CCN(CC(=O)Cc3cc(F)cc(CC4CCC(=O)NC4=O)c3)[C@@H](C(F)(F)F)C2)CC1. The Bertz CT molecular complexity index is 2050. The smallest absolute Gasteiger partial charge is 0.377 e. The highest BCUT2D eigenvalue weighted by atomic mass is 32.1. The number of benzene rings is 2. The number of alkyl halides is 6. The van der Waals surface area contributed by atoms with Gasteiger partial charge in [-0.3, -0.25) is 39.2 Å². The van der Waals surface area contributed by atoms with Gasteiger partial charge in [0.15, 0.2) is 10.9 Å². The van der Waals surface area contributed by atoms with Crippen molar-refractivity contribution >= 4 is 46.5 Å². The molecule has 4 aliphatic rings. The first-order valence-electron chi connectivity index (χ1n) is 19.7. The van der Waals surface area contributed by atoms with Gasteiger partial charge >= 0.3 is 12.4 Å². The normalized spacial score (nSPS) is 24.5. The molecule has 3 saturated heterocycles. The lowest BCUT2D eigenvalue weighted by Gasteiger charge is -2.42. The van der Waals surface area contributed by atoms with Gasteiger partial charge in [-0.05, 0) is 106 Å². The van der Waals surface area contributed by atoms with E-state index in [1.54, 1.807) is 29.7 Å². The number of piperidine rings is 1. The Kier molecular flexibility index (Phi) is 13.4. The second kappa shape index (κ2) is 17.8. The van der Waals surface area contributed by atoms with Crippen LogP contribution in [-0.2, 0) is 42.9 Å². The third-order valence-corrected chi connectivity index (χ3v) is 12.1. The molecule has 60 heavy (non-hydrogen) atoms. The number of amides is 3. The first-order valence-corrected chi connectivity index (χ1v) is 20.1. The van der Waals surface area contributed by atoms with Crippen LogP contribution in [-0.4, -0.2) is 113 Å². The van der Waals surface area contributed by atoms with E-state index in [2.05, 4.69) is 5.32 Å². The summed E-state index contributed by atoms with van der Waals surface area (Å²) in [5.41, 5.74) is -2.28. The van der Waals surface area contributed by atoms with Crippen molar-refractivity contribution in [3.8, 4) is 6.07 Å². The van der Waals surface area contributed by atoms with E-state index in [1.165, 1.54) is 18.2 Å². The highest BCUT2D eigenvalue weighted by molar-refractivity contribution is 7.80. The zero-order chi connectivity index (χ0) is 43.7. The Morgan fingerprint density at radius 2 is 1.68 bits per heavy atom. The molecule has 2 atom stereocenters. The Labute approximate surface area is 347 Å². The summed E-state index contributed by atoms with van der Waals surface area (Å²) in [6.07, 6.45) is -7.18. The molecule has 1 aliphatic carbocycles. The number of carbonyl (C=O) groups excluding carboxylic acids is 4. The number of Topliss-reactive ketones (excluding diaryl/α,β-unsaturated/α-hetero) is 1. The first kappa shape index (κ1) is 45.0. The number of nitriles is 1. The third kappa shape index (κ3) is 10.2. The van der Waals surface area contributed by atoms with E-state index in [1.807, 2.05) is 0 Å². The Balaban J connectivity index is 0.980. The van der Waals surface area contributed by atoms with Crippen LogP contribution in [0, 0.1) is 23.1 Å². The van der Waals surface area contributed by atoms with Crippen LogP contribution in [0.3, 0.4) is 0 Å². The van der Waals surface area contributed by atoms with Crippen molar-refractivity contribution in [1.29, 1.82) is 5.26 Å². The summed E-state index contributed by atoms with van der Waals surface area (Å²) in [6.45, 7) is 3.02. The van der Waals surface area contributed by atoms with Gasteiger partial charge in [0.2, 0.25) is 11.8 Å². The van der Waals surface area contributed by atoms with Crippen LogP contribution >= 0.6 is 12.2 Å². The van der Waals surface area contributed by atoms with Gasteiger partial charge in [-0.2, -0.15) is 31.6 Å². The number of anilines is 1. The molecule has 2 aromatic carbocycles. The van der Waals surface area contributed by atoms with Gasteiger partial charge < -0.3 is 9.64 Å². The fourth-order valence-electron chi connectivity index (χ4n) is 8.72. The van der Waals surface area contributed by atoms with Crippen LogP contribution in [0.2, 0.25) is 0 Å². The average molecular weight is 867 g/mol. The maximum absolute atomic E-state index is 14.5. The number of rotatable bonds is 12. The molecule has 1 saturated carbocycles. The van der Waals surface area contributed by atoms with Crippen molar-refractivity contribution < 1.29 is 54.6 Å². The number of ketones is 1. The number of piperazine rings is 1. The summed E-state index contributed by atoms with van der Waals surface area (Å²) in [4.78, 5) is 55.9. The number of hydrogen-bond donors (Lipinski definition) is 1. The van der Waals surface area contributed by atoms with E-state index in [4.69, 9.17) is 17.0 Å². The van der Waals surface area contributed by atoms with Gasteiger partial charge in [-0.25, -0.2) is 4.39 Å². The van der Waals surface area contributed by atoms with Crippen molar-refractivity contribution in [3.05, 3.63) is 64.5 Å². The molecular weight excluding hydrogens is 822 g/mol. The summed E-state index contributed by atoms with van der Waals surface area (Å²) >= 11 is 5.67. The van der Waals surface area contributed by atoms with Crippen molar-refractivity contribution in [2.75, 3.05) is 44.2 Å². The lowest BCUT2D eigenvalue weighted by atomic mass is 9.89. The molecule has 0 aromatic heterocycles. The maximum Gasteiger partial charge on any atom is 0.417 e. The molecule has 6 rings (SSSR count). The van der Waals surface area contributed by atoms with E-state index >= 15 is 0 Å². The van der Waals surface area contributed by atoms with Crippen molar-refractivity contribution in [2.24, 2.45) is 5.92 Å². The molecule has 324 valence electrons. The van der Waals surface area contributed by atoms with Gasteiger partial charge in [0.05, 0.1) is 42.1 Å². The topological polar surface area (TPSA) is 126 Å². The molecule has 4 fully saturated rings. The average Bonchev–Trinajstić information content (AvgIpc) is 3.34. The monoisotopic (exact) mass is 866 g/mol. The Morgan fingerprint density at radius 3 is 2.33 bits per heavy atom. The lowest BCUT2D eigenvalue weighted by molar-refractivity contribution is -0.197. The number of imide groups is 1. The lowest BCUT2D eigenvalue weighted by Crippen LogP contribution is -2.60. The van der Waals surface area contributed by atoms with E-state index in [0.29, 0.717) is 37.7 Å². The van der Waals surface area contributed by atoms with Gasteiger partial charge in [-0.15, -0.1) is 0 Å². The number of thiocarbonyl (C=S) groups is 1. The van der Waals surface area contributed by atoms with E-state index in [0.717, 1.165) is 28.0 Å². The van der Waals surface area contributed by atoms with Gasteiger partial charge in [0.1, 0.15) is 17.4 Å². The highest BCUT2D eigenvalue weighted by Gasteiger charge is 2.53. The van der Waals surface area contributed by atoms with Crippen LogP contribution in [0.1, 0.15) is 74.6 Å². The molecule has 3 amide bonds. The van der Waals surface area contributed by atoms with Crippen LogP contribution in [0.5, 0.6) is 0 Å². The summed E-state index contributed by atoms with van der Waals surface area (Å²) in [5.74, 6) is -3.05. The molecule has 19 heteroatoms. The quantitative estimate of drug-likeness (QED) is 0.161. The molecule has 0 spiro atoms. The summed E-state index contributed by atoms with van der Waals surface area (Å²) in [5, 5.41) is 11.5. The second-order valence-corrected chi connectivity index (χ2v) is 16.7. The number of halogens is 7. The molecule has 3 aliphatic heterocycles. The summed E-state index contributed by atoms with van der Waals surface area (Å²) in [6, 6.07) is 6.35. The van der Waals surface area contributed by atoms with Crippen molar-refractivity contribution in [2.45, 2.75) is 101 Å². The van der Waals surface area contributed by atoms with Crippen LogP contribution in [0.4, 0.5) is 36.4 Å². The fourth-order valence-corrected chi connectivity index (χ4v) is 9.28. The largest absolute Gasteiger partial charge is 0.417 e. The minimum absolute atomic E-state index is 0.0355. The zero-order valence-electron chi connectivity index (χ0n) is 33.0. The van der Waals surface area contributed by atoms with E-state index in [9.17, 15) is 55.2 Å². The number of nitrogens with one attached hydrogen (secondary N) is 1. The van der Waals surface area contributed by atoms with E-state index in [-0.39, 0.29) is 86.5 Å². The second-order valence-electron chi connectivity index (χ2n) is 16.4. The molecule has 1 unspecified atom stereocenters. The highest BCUT2D eigenvalue weighted by Crippen LogP contribution is 2.41. The summed E-state index contributed by atoms with van der Waals surface area (Å²) in [7, 11) is 0. The molecule has 3 heterocycles. The molecule has 0 radical (unpaired) electrons. The Morgan fingerprint density at radius 1 is 0.983 bits per heavy atom. The molecule has 1 N–H and O–H groups in total. The molecule has 2 aromatic rings. The maximum atomic E-state index is 14.5.